The Labute approximate surface area is 74.2 Å². The summed E-state index contributed by atoms with van der Waals surface area (Å²) in [6.07, 6.45) is 2.96. The second kappa shape index (κ2) is 4.45. The Bertz CT molecular complexity index is 153. The van der Waals surface area contributed by atoms with Gasteiger partial charge in [0.25, 0.3) is 0 Å². The van der Waals surface area contributed by atoms with Gasteiger partial charge in [-0.1, -0.05) is 6.92 Å². The van der Waals surface area contributed by atoms with Crippen LogP contribution in [0.4, 0.5) is 0 Å². The summed E-state index contributed by atoms with van der Waals surface area (Å²) in [6.45, 7) is 3.73. The molecule has 12 heavy (non-hydrogen) atoms. The third-order valence-corrected chi connectivity index (χ3v) is 2.50. The molecule has 0 amide bonds. The zero-order valence-electron chi connectivity index (χ0n) is 7.97. The molecule has 0 radical (unpaired) electrons. The lowest BCUT2D eigenvalue weighted by Gasteiger charge is -2.32. The average Bonchev–Trinajstić information content (AvgIpc) is 2.17. The standard InChI is InChI=1S/C9H18N2O/c1-3-9(10)11(2)8-4-6-12-7-5-8/h8,10H,3-7H2,1-2H3. The molecular formula is C9H18N2O. The first-order valence-electron chi connectivity index (χ1n) is 4.63. The van der Waals surface area contributed by atoms with Gasteiger partial charge in [-0.2, -0.15) is 0 Å². The summed E-state index contributed by atoms with van der Waals surface area (Å²) in [7, 11) is 2.02. The lowest BCUT2D eigenvalue weighted by molar-refractivity contribution is 0.0600. The van der Waals surface area contributed by atoms with Gasteiger partial charge in [-0.15, -0.1) is 0 Å². The molecule has 0 bridgehead atoms. The van der Waals surface area contributed by atoms with Crippen LogP contribution in [0, 0.1) is 5.41 Å². The van der Waals surface area contributed by atoms with Gasteiger partial charge >= 0.3 is 0 Å². The van der Waals surface area contributed by atoms with Gasteiger partial charge < -0.3 is 9.64 Å². The van der Waals surface area contributed by atoms with Crippen molar-refractivity contribution in [2.75, 3.05) is 20.3 Å². The Morgan fingerprint density at radius 2 is 2.08 bits per heavy atom. The Hall–Kier alpha value is -0.570. The number of hydrogen-bond donors (Lipinski definition) is 1. The lowest BCUT2D eigenvalue weighted by Crippen LogP contribution is -2.39. The first-order chi connectivity index (χ1) is 5.75. The molecule has 1 fully saturated rings. The molecule has 1 aliphatic heterocycles. The van der Waals surface area contributed by atoms with Crippen molar-refractivity contribution in [2.45, 2.75) is 32.2 Å². The minimum Gasteiger partial charge on any atom is -0.381 e. The fraction of sp³-hybridized carbons (Fsp3) is 0.889. The maximum Gasteiger partial charge on any atom is 0.0954 e. The topological polar surface area (TPSA) is 36.3 Å². The highest BCUT2D eigenvalue weighted by Gasteiger charge is 2.19. The average molecular weight is 170 g/mol. The molecule has 3 heteroatoms. The fourth-order valence-corrected chi connectivity index (χ4v) is 1.54. The Balaban J connectivity index is 2.39. The number of hydrogen-bond acceptors (Lipinski definition) is 2. The zero-order valence-corrected chi connectivity index (χ0v) is 7.97. The van der Waals surface area contributed by atoms with Crippen LogP contribution in [-0.4, -0.2) is 37.0 Å². The second-order valence-electron chi connectivity index (χ2n) is 3.25. The molecule has 1 N–H and O–H groups in total. The van der Waals surface area contributed by atoms with Gasteiger partial charge in [0.1, 0.15) is 0 Å². The van der Waals surface area contributed by atoms with E-state index in [1.54, 1.807) is 0 Å². The van der Waals surface area contributed by atoms with Crippen LogP contribution in [0.1, 0.15) is 26.2 Å². The molecule has 0 aromatic heterocycles. The number of nitrogens with zero attached hydrogens (tertiary/aromatic N) is 1. The van der Waals surface area contributed by atoms with E-state index in [1.807, 2.05) is 14.0 Å². The van der Waals surface area contributed by atoms with Gasteiger partial charge in [-0.25, -0.2) is 0 Å². The summed E-state index contributed by atoms with van der Waals surface area (Å²) in [5.41, 5.74) is 0. The molecule has 1 saturated heterocycles. The van der Waals surface area contributed by atoms with Crippen molar-refractivity contribution < 1.29 is 4.74 Å². The molecule has 70 valence electrons. The van der Waals surface area contributed by atoms with E-state index in [0.29, 0.717) is 6.04 Å². The summed E-state index contributed by atoms with van der Waals surface area (Å²) in [6, 6.07) is 0.534. The van der Waals surface area contributed by atoms with Gasteiger partial charge in [0, 0.05) is 32.7 Å². The summed E-state index contributed by atoms with van der Waals surface area (Å²) in [5, 5.41) is 7.66. The second-order valence-corrected chi connectivity index (χ2v) is 3.25. The molecule has 1 heterocycles. The van der Waals surface area contributed by atoms with E-state index in [-0.39, 0.29) is 0 Å². The zero-order chi connectivity index (χ0) is 8.97. The molecule has 0 spiro atoms. The van der Waals surface area contributed by atoms with Crippen LogP contribution in [0.2, 0.25) is 0 Å². The maximum atomic E-state index is 7.66. The highest BCUT2D eigenvalue weighted by molar-refractivity contribution is 5.78. The SMILES string of the molecule is CCC(=N)N(C)C1CCOCC1. The van der Waals surface area contributed by atoms with Gasteiger partial charge in [0.2, 0.25) is 0 Å². The smallest absolute Gasteiger partial charge is 0.0954 e. The third kappa shape index (κ3) is 2.21. The molecular weight excluding hydrogens is 152 g/mol. The van der Waals surface area contributed by atoms with E-state index in [1.165, 1.54) is 0 Å². The van der Waals surface area contributed by atoms with E-state index < -0.39 is 0 Å². The van der Waals surface area contributed by atoms with Crippen LogP contribution in [0.15, 0.2) is 0 Å². The highest BCUT2D eigenvalue weighted by Crippen LogP contribution is 2.13. The minimum atomic E-state index is 0.534. The minimum absolute atomic E-state index is 0.534. The molecule has 3 nitrogen and oxygen atoms in total. The van der Waals surface area contributed by atoms with E-state index in [4.69, 9.17) is 10.1 Å². The van der Waals surface area contributed by atoms with E-state index in [0.717, 1.165) is 38.3 Å². The van der Waals surface area contributed by atoms with Crippen LogP contribution in [0.5, 0.6) is 0 Å². The fourth-order valence-electron chi connectivity index (χ4n) is 1.54. The van der Waals surface area contributed by atoms with Crippen molar-refractivity contribution in [3.63, 3.8) is 0 Å². The molecule has 0 aliphatic carbocycles. The van der Waals surface area contributed by atoms with Gasteiger partial charge in [0.15, 0.2) is 0 Å². The maximum absolute atomic E-state index is 7.66. The van der Waals surface area contributed by atoms with Gasteiger partial charge in [0.05, 0.1) is 5.84 Å². The van der Waals surface area contributed by atoms with Crippen molar-refractivity contribution in [1.29, 1.82) is 5.41 Å². The number of rotatable bonds is 2. The van der Waals surface area contributed by atoms with Crippen molar-refractivity contribution in [2.24, 2.45) is 0 Å². The van der Waals surface area contributed by atoms with Crippen LogP contribution in [0.25, 0.3) is 0 Å². The summed E-state index contributed by atoms with van der Waals surface area (Å²) in [5.74, 6) is 0.738. The molecule has 1 rings (SSSR count). The number of ether oxygens (including phenoxy) is 1. The molecule has 0 atom stereocenters. The Morgan fingerprint density at radius 3 is 2.58 bits per heavy atom. The van der Waals surface area contributed by atoms with Crippen molar-refractivity contribution in [3.05, 3.63) is 0 Å². The lowest BCUT2D eigenvalue weighted by atomic mass is 10.1. The molecule has 1 aliphatic rings. The molecule has 0 aromatic rings. The van der Waals surface area contributed by atoms with E-state index >= 15 is 0 Å². The summed E-state index contributed by atoms with van der Waals surface area (Å²) < 4.78 is 5.27. The third-order valence-electron chi connectivity index (χ3n) is 2.50. The van der Waals surface area contributed by atoms with Crippen LogP contribution < -0.4 is 0 Å². The van der Waals surface area contributed by atoms with Gasteiger partial charge in [-0.3, -0.25) is 5.41 Å². The molecule has 0 aromatic carbocycles. The van der Waals surface area contributed by atoms with Crippen molar-refractivity contribution >= 4 is 5.84 Å². The normalized spacial score (nSPS) is 19.2. The Kier molecular flexibility index (Phi) is 3.53. The molecule has 0 saturated carbocycles. The predicted octanol–water partition coefficient (Wildman–Crippen LogP) is 1.48. The Morgan fingerprint density at radius 1 is 1.50 bits per heavy atom. The largest absolute Gasteiger partial charge is 0.381 e. The van der Waals surface area contributed by atoms with Crippen LogP contribution >= 0.6 is 0 Å². The summed E-state index contributed by atoms with van der Waals surface area (Å²) in [4.78, 5) is 2.09. The molecule has 0 unspecified atom stereocenters. The van der Waals surface area contributed by atoms with Crippen molar-refractivity contribution in [3.8, 4) is 0 Å². The monoisotopic (exact) mass is 170 g/mol. The quantitative estimate of drug-likeness (QED) is 0.503. The number of amidine groups is 1. The van der Waals surface area contributed by atoms with E-state index in [2.05, 4.69) is 4.90 Å². The van der Waals surface area contributed by atoms with E-state index in [9.17, 15) is 0 Å². The summed E-state index contributed by atoms with van der Waals surface area (Å²) >= 11 is 0. The van der Waals surface area contributed by atoms with Crippen LogP contribution in [0.3, 0.4) is 0 Å². The van der Waals surface area contributed by atoms with Gasteiger partial charge in [-0.05, 0) is 12.8 Å². The first-order valence-corrected chi connectivity index (χ1v) is 4.63. The van der Waals surface area contributed by atoms with Crippen LogP contribution in [-0.2, 0) is 4.74 Å². The predicted molar refractivity (Wildman–Crippen MR) is 49.6 cm³/mol. The first kappa shape index (κ1) is 9.52. The van der Waals surface area contributed by atoms with Crippen molar-refractivity contribution in [1.82, 2.24) is 4.90 Å². The number of nitrogens with one attached hydrogen (secondary N) is 1. The highest BCUT2D eigenvalue weighted by atomic mass is 16.5.